The van der Waals surface area contributed by atoms with E-state index in [1.54, 1.807) is 36.2 Å². The van der Waals surface area contributed by atoms with Crippen LogP contribution >= 0.6 is 27.5 Å². The van der Waals surface area contributed by atoms with Gasteiger partial charge in [0.05, 0.1) is 5.56 Å². The molecule has 0 bridgehead atoms. The highest BCUT2D eigenvalue weighted by Crippen LogP contribution is 2.22. The monoisotopic (exact) mass is 352 g/mol. The molecule has 2 aromatic carbocycles. The minimum absolute atomic E-state index is 0.0934. The lowest BCUT2D eigenvalue weighted by molar-refractivity contribution is 0.0784. The average molecular weight is 354 g/mol. The number of amides is 1. The van der Waals surface area contributed by atoms with Crippen molar-refractivity contribution in [1.29, 1.82) is 0 Å². The molecule has 2 rings (SSSR count). The number of nitrogen functional groups attached to an aromatic ring is 1. The Hall–Kier alpha value is -1.52. The van der Waals surface area contributed by atoms with Gasteiger partial charge in [-0.2, -0.15) is 0 Å². The third-order valence-electron chi connectivity index (χ3n) is 2.88. The highest BCUT2D eigenvalue weighted by molar-refractivity contribution is 9.10. The molecule has 0 unspecified atom stereocenters. The minimum Gasteiger partial charge on any atom is -0.399 e. The number of rotatable bonds is 3. The van der Waals surface area contributed by atoms with Crippen LogP contribution in [0.5, 0.6) is 0 Å². The van der Waals surface area contributed by atoms with Gasteiger partial charge in [-0.25, -0.2) is 0 Å². The maximum atomic E-state index is 12.4. The number of halogens is 2. The molecule has 104 valence electrons. The van der Waals surface area contributed by atoms with Gasteiger partial charge in [0, 0.05) is 28.8 Å². The molecular weight excluding hydrogens is 340 g/mol. The molecule has 5 heteroatoms. The van der Waals surface area contributed by atoms with Crippen LogP contribution < -0.4 is 5.73 Å². The molecule has 1 amide bonds. The Balaban J connectivity index is 2.18. The molecule has 20 heavy (non-hydrogen) atoms. The summed E-state index contributed by atoms with van der Waals surface area (Å²) in [5.41, 5.74) is 7.82. The van der Waals surface area contributed by atoms with E-state index in [2.05, 4.69) is 15.9 Å². The van der Waals surface area contributed by atoms with Crippen molar-refractivity contribution in [2.24, 2.45) is 0 Å². The van der Waals surface area contributed by atoms with Gasteiger partial charge in [-0.05, 0) is 51.8 Å². The van der Waals surface area contributed by atoms with Crippen molar-refractivity contribution in [3.8, 4) is 0 Å². The topological polar surface area (TPSA) is 46.3 Å². The van der Waals surface area contributed by atoms with E-state index in [9.17, 15) is 4.79 Å². The highest BCUT2D eigenvalue weighted by Gasteiger charge is 2.15. The first kappa shape index (κ1) is 14.9. The lowest BCUT2D eigenvalue weighted by atomic mass is 10.1. The van der Waals surface area contributed by atoms with Crippen LogP contribution in [-0.2, 0) is 6.54 Å². The van der Waals surface area contributed by atoms with Crippen LogP contribution in [0.3, 0.4) is 0 Å². The second-order valence-electron chi connectivity index (χ2n) is 4.53. The summed E-state index contributed by atoms with van der Waals surface area (Å²) in [6, 6.07) is 12.6. The van der Waals surface area contributed by atoms with Crippen LogP contribution in [-0.4, -0.2) is 17.9 Å². The van der Waals surface area contributed by atoms with Crippen molar-refractivity contribution in [2.45, 2.75) is 6.54 Å². The van der Waals surface area contributed by atoms with Crippen molar-refractivity contribution in [2.75, 3.05) is 12.8 Å². The van der Waals surface area contributed by atoms with Crippen molar-refractivity contribution in [1.82, 2.24) is 4.90 Å². The van der Waals surface area contributed by atoms with E-state index in [0.29, 0.717) is 22.8 Å². The molecule has 0 heterocycles. The number of carbonyl (C=O) groups is 1. The van der Waals surface area contributed by atoms with Gasteiger partial charge < -0.3 is 10.6 Å². The summed E-state index contributed by atoms with van der Waals surface area (Å²) in [5, 5.41) is 0.661. The summed E-state index contributed by atoms with van der Waals surface area (Å²) in [7, 11) is 1.75. The summed E-state index contributed by atoms with van der Waals surface area (Å²) in [5.74, 6) is -0.0934. The highest BCUT2D eigenvalue weighted by atomic mass is 79.9. The van der Waals surface area contributed by atoms with Gasteiger partial charge in [0.15, 0.2) is 0 Å². The third-order valence-corrected chi connectivity index (χ3v) is 3.80. The Morgan fingerprint density at radius 2 is 2.05 bits per heavy atom. The smallest absolute Gasteiger partial charge is 0.255 e. The number of nitrogens with two attached hydrogens (primary N) is 1. The largest absolute Gasteiger partial charge is 0.399 e. The summed E-state index contributed by atoms with van der Waals surface area (Å²) < 4.78 is 0.731. The molecule has 0 aromatic heterocycles. The maximum Gasteiger partial charge on any atom is 0.255 e. The van der Waals surface area contributed by atoms with Crippen molar-refractivity contribution < 1.29 is 4.79 Å². The normalized spacial score (nSPS) is 10.3. The first-order chi connectivity index (χ1) is 9.47. The van der Waals surface area contributed by atoms with Gasteiger partial charge in [-0.1, -0.05) is 23.7 Å². The Bertz CT molecular complexity index is 646. The summed E-state index contributed by atoms with van der Waals surface area (Å²) in [4.78, 5) is 14.0. The van der Waals surface area contributed by atoms with E-state index in [1.807, 2.05) is 18.2 Å². The predicted octanol–water partition coefficient (Wildman–Crippen LogP) is 3.96. The van der Waals surface area contributed by atoms with Gasteiger partial charge >= 0.3 is 0 Å². The maximum absolute atomic E-state index is 12.4. The number of carbonyl (C=O) groups excluding carboxylic acids is 1. The van der Waals surface area contributed by atoms with Gasteiger partial charge in [0.1, 0.15) is 0 Å². The number of nitrogens with zero attached hydrogens (tertiary/aromatic N) is 1. The van der Waals surface area contributed by atoms with Gasteiger partial charge in [-0.3, -0.25) is 4.79 Å². The summed E-state index contributed by atoms with van der Waals surface area (Å²) in [6.07, 6.45) is 0. The zero-order valence-electron chi connectivity index (χ0n) is 10.9. The quantitative estimate of drug-likeness (QED) is 0.849. The molecule has 0 radical (unpaired) electrons. The van der Waals surface area contributed by atoms with Crippen LogP contribution in [0.2, 0.25) is 5.02 Å². The molecule has 2 N–H and O–H groups in total. The summed E-state index contributed by atoms with van der Waals surface area (Å²) in [6.45, 7) is 0.487. The Morgan fingerprint density at radius 3 is 2.75 bits per heavy atom. The Labute approximate surface area is 131 Å². The van der Waals surface area contributed by atoms with Gasteiger partial charge in [0.25, 0.3) is 5.91 Å². The molecule has 0 fully saturated rings. The van der Waals surface area contributed by atoms with Crippen molar-refractivity contribution in [3.05, 3.63) is 63.1 Å². The van der Waals surface area contributed by atoms with Gasteiger partial charge in [-0.15, -0.1) is 0 Å². The molecule has 0 saturated heterocycles. The van der Waals surface area contributed by atoms with E-state index in [1.165, 1.54) is 0 Å². The fourth-order valence-corrected chi connectivity index (χ4v) is 2.52. The number of hydrogen-bond donors (Lipinski definition) is 1. The lowest BCUT2D eigenvalue weighted by Gasteiger charge is -2.18. The van der Waals surface area contributed by atoms with E-state index in [4.69, 9.17) is 17.3 Å². The molecule has 0 aliphatic heterocycles. The lowest BCUT2D eigenvalue weighted by Crippen LogP contribution is -2.26. The van der Waals surface area contributed by atoms with Crippen LogP contribution in [0.4, 0.5) is 5.69 Å². The molecule has 0 saturated carbocycles. The fraction of sp³-hybridized carbons (Fsp3) is 0.133. The first-order valence-electron chi connectivity index (χ1n) is 6.02. The second-order valence-corrected chi connectivity index (χ2v) is 5.82. The minimum atomic E-state index is -0.0934. The predicted molar refractivity (Wildman–Crippen MR) is 85.8 cm³/mol. The van der Waals surface area contributed by atoms with E-state index in [-0.39, 0.29) is 5.91 Å². The van der Waals surface area contributed by atoms with Crippen LogP contribution in [0.1, 0.15) is 15.9 Å². The number of hydrogen-bond acceptors (Lipinski definition) is 2. The third kappa shape index (κ3) is 3.52. The number of benzene rings is 2. The van der Waals surface area contributed by atoms with Crippen LogP contribution in [0, 0.1) is 0 Å². The van der Waals surface area contributed by atoms with E-state index < -0.39 is 0 Å². The Morgan fingerprint density at radius 1 is 1.30 bits per heavy atom. The van der Waals surface area contributed by atoms with Crippen LogP contribution in [0.15, 0.2) is 46.9 Å². The number of anilines is 1. The first-order valence-corrected chi connectivity index (χ1v) is 7.19. The summed E-state index contributed by atoms with van der Waals surface area (Å²) >= 11 is 9.32. The van der Waals surface area contributed by atoms with E-state index >= 15 is 0 Å². The van der Waals surface area contributed by atoms with Crippen molar-refractivity contribution >= 4 is 39.1 Å². The van der Waals surface area contributed by atoms with Crippen molar-refractivity contribution in [3.63, 3.8) is 0 Å². The second kappa shape index (κ2) is 6.29. The molecular formula is C15H14BrClN2O. The standard InChI is InChI=1S/C15H14BrClN2O/c1-19(9-10-3-2-4-11(17)7-10)15(20)13-8-12(18)5-6-14(13)16/h2-8H,9,18H2,1H3. The molecule has 0 atom stereocenters. The molecule has 3 nitrogen and oxygen atoms in total. The SMILES string of the molecule is CN(Cc1cccc(Cl)c1)C(=O)c1cc(N)ccc1Br. The molecule has 0 spiro atoms. The zero-order valence-corrected chi connectivity index (χ0v) is 13.3. The van der Waals surface area contributed by atoms with Crippen LogP contribution in [0.25, 0.3) is 0 Å². The zero-order chi connectivity index (χ0) is 14.7. The van der Waals surface area contributed by atoms with E-state index in [0.717, 1.165) is 10.0 Å². The average Bonchev–Trinajstić information content (AvgIpc) is 2.40. The van der Waals surface area contributed by atoms with Gasteiger partial charge in [0.2, 0.25) is 0 Å². The molecule has 2 aromatic rings. The molecule has 0 aliphatic carbocycles. The fourth-order valence-electron chi connectivity index (χ4n) is 1.89. The molecule has 0 aliphatic rings. The Kier molecular flexibility index (Phi) is 4.68.